The standard InChI is InChI=1S/C30H27N3O5/c1-19-16-22(14-15-24(19)38-18-20-10-6-4-7-11-20)33-27(30(35)37-3)26(29(34)36-2)25(23(17-31)28(33)32)21-12-8-5-9-13-21/h4-16,25H,18,32H2,1-3H3. The van der Waals surface area contributed by atoms with Crippen molar-refractivity contribution in [3.63, 3.8) is 0 Å². The largest absolute Gasteiger partial charge is 0.489 e. The van der Waals surface area contributed by atoms with Gasteiger partial charge in [-0.15, -0.1) is 0 Å². The molecule has 3 aromatic carbocycles. The molecule has 38 heavy (non-hydrogen) atoms. The highest BCUT2D eigenvalue weighted by molar-refractivity contribution is 6.06. The van der Waals surface area contributed by atoms with E-state index in [4.69, 9.17) is 19.9 Å². The molecule has 2 N–H and O–H groups in total. The summed E-state index contributed by atoms with van der Waals surface area (Å²) in [4.78, 5) is 27.7. The van der Waals surface area contributed by atoms with Crippen LogP contribution in [0.5, 0.6) is 5.75 Å². The first-order valence-corrected chi connectivity index (χ1v) is 11.8. The molecule has 0 bridgehead atoms. The maximum absolute atomic E-state index is 13.2. The van der Waals surface area contributed by atoms with Crippen molar-refractivity contribution in [2.75, 3.05) is 19.1 Å². The van der Waals surface area contributed by atoms with Crippen LogP contribution < -0.4 is 15.4 Å². The number of hydrogen-bond donors (Lipinski definition) is 1. The number of aryl methyl sites for hydroxylation is 1. The summed E-state index contributed by atoms with van der Waals surface area (Å²) < 4.78 is 16.1. The Bertz CT molecular complexity index is 1460. The SMILES string of the molecule is COC(=O)C1=C(C(=O)OC)N(c2ccc(OCc3ccccc3)c(C)c2)C(N)=C(C#N)C1c1ccccc1. The Morgan fingerprint density at radius 3 is 2.16 bits per heavy atom. The second kappa shape index (κ2) is 11.4. The number of carbonyl (C=O) groups excluding carboxylic acids is 2. The number of nitriles is 1. The minimum absolute atomic E-state index is 0.00626. The molecule has 8 nitrogen and oxygen atoms in total. The number of esters is 2. The first-order chi connectivity index (χ1) is 18.4. The number of benzene rings is 3. The van der Waals surface area contributed by atoms with Gasteiger partial charge in [-0.25, -0.2) is 9.59 Å². The molecular weight excluding hydrogens is 482 g/mol. The molecule has 0 saturated carbocycles. The van der Waals surface area contributed by atoms with Gasteiger partial charge >= 0.3 is 11.9 Å². The third-order valence-electron chi connectivity index (χ3n) is 6.26. The molecule has 3 aromatic rings. The van der Waals surface area contributed by atoms with Gasteiger partial charge in [0.2, 0.25) is 0 Å². The van der Waals surface area contributed by atoms with Gasteiger partial charge in [0.05, 0.1) is 37.4 Å². The maximum atomic E-state index is 13.2. The van der Waals surface area contributed by atoms with Gasteiger partial charge in [0.25, 0.3) is 0 Å². The molecule has 0 amide bonds. The fourth-order valence-electron chi connectivity index (χ4n) is 4.45. The van der Waals surface area contributed by atoms with Crippen molar-refractivity contribution >= 4 is 17.6 Å². The van der Waals surface area contributed by atoms with Crippen LogP contribution in [0.2, 0.25) is 0 Å². The van der Waals surface area contributed by atoms with Crippen molar-refractivity contribution in [2.45, 2.75) is 19.4 Å². The van der Waals surface area contributed by atoms with Gasteiger partial charge in [-0.2, -0.15) is 5.26 Å². The number of ether oxygens (including phenoxy) is 3. The monoisotopic (exact) mass is 509 g/mol. The average molecular weight is 510 g/mol. The van der Waals surface area contributed by atoms with Gasteiger partial charge in [-0.3, -0.25) is 4.90 Å². The summed E-state index contributed by atoms with van der Waals surface area (Å²) in [5.41, 5.74) is 9.34. The number of allylic oxidation sites excluding steroid dienone is 1. The van der Waals surface area contributed by atoms with E-state index in [0.29, 0.717) is 23.6 Å². The molecule has 0 aromatic heterocycles. The fraction of sp³-hybridized carbons (Fsp3) is 0.167. The van der Waals surface area contributed by atoms with E-state index in [1.54, 1.807) is 42.5 Å². The second-order valence-electron chi connectivity index (χ2n) is 8.56. The minimum atomic E-state index is -0.923. The molecule has 0 saturated heterocycles. The number of rotatable bonds is 7. The van der Waals surface area contributed by atoms with Crippen LogP contribution in [-0.4, -0.2) is 26.2 Å². The number of carbonyl (C=O) groups is 2. The number of nitrogens with zero attached hydrogens (tertiary/aromatic N) is 2. The zero-order valence-corrected chi connectivity index (χ0v) is 21.3. The first kappa shape index (κ1) is 26.0. The van der Waals surface area contributed by atoms with Crippen molar-refractivity contribution < 1.29 is 23.8 Å². The molecule has 1 heterocycles. The summed E-state index contributed by atoms with van der Waals surface area (Å²) in [5, 5.41) is 10.2. The van der Waals surface area contributed by atoms with Gasteiger partial charge < -0.3 is 19.9 Å². The van der Waals surface area contributed by atoms with Crippen molar-refractivity contribution in [1.82, 2.24) is 0 Å². The van der Waals surface area contributed by atoms with Gasteiger partial charge in [-0.05, 0) is 41.8 Å². The molecule has 0 fully saturated rings. The van der Waals surface area contributed by atoms with Crippen LogP contribution in [0.25, 0.3) is 0 Å². The van der Waals surface area contributed by atoms with Crippen LogP contribution >= 0.6 is 0 Å². The summed E-state index contributed by atoms with van der Waals surface area (Å²) >= 11 is 0. The number of nitrogens with two attached hydrogens (primary N) is 1. The van der Waals surface area contributed by atoms with E-state index < -0.39 is 17.9 Å². The molecule has 1 unspecified atom stereocenters. The van der Waals surface area contributed by atoms with Crippen LogP contribution in [0.15, 0.2) is 102 Å². The van der Waals surface area contributed by atoms with E-state index in [1.165, 1.54) is 19.1 Å². The lowest BCUT2D eigenvalue weighted by Crippen LogP contribution is -2.40. The van der Waals surface area contributed by atoms with Crippen LogP contribution in [0.3, 0.4) is 0 Å². The van der Waals surface area contributed by atoms with Crippen LogP contribution in [-0.2, 0) is 25.7 Å². The normalized spacial score (nSPS) is 15.1. The second-order valence-corrected chi connectivity index (χ2v) is 8.56. The van der Waals surface area contributed by atoms with Crippen LogP contribution in [0, 0.1) is 18.3 Å². The zero-order valence-electron chi connectivity index (χ0n) is 21.3. The lowest BCUT2D eigenvalue weighted by atomic mass is 9.81. The van der Waals surface area contributed by atoms with E-state index in [0.717, 1.165) is 11.1 Å². The summed E-state index contributed by atoms with van der Waals surface area (Å²) in [6.45, 7) is 2.23. The quantitative estimate of drug-likeness (QED) is 0.464. The molecule has 4 rings (SSSR count). The highest BCUT2D eigenvalue weighted by Crippen LogP contribution is 2.43. The van der Waals surface area contributed by atoms with Crippen LogP contribution in [0.4, 0.5) is 5.69 Å². The summed E-state index contributed by atoms with van der Waals surface area (Å²) in [6, 6.07) is 26.0. The van der Waals surface area contributed by atoms with Crippen LogP contribution in [0.1, 0.15) is 22.6 Å². The molecule has 1 aliphatic rings. The van der Waals surface area contributed by atoms with E-state index >= 15 is 0 Å². The lowest BCUT2D eigenvalue weighted by Gasteiger charge is -2.36. The van der Waals surface area contributed by atoms with E-state index in [2.05, 4.69) is 6.07 Å². The van der Waals surface area contributed by atoms with E-state index in [1.807, 2.05) is 43.3 Å². The van der Waals surface area contributed by atoms with Crippen molar-refractivity contribution in [2.24, 2.45) is 5.73 Å². The Morgan fingerprint density at radius 2 is 1.58 bits per heavy atom. The predicted molar refractivity (Wildman–Crippen MR) is 141 cm³/mol. The maximum Gasteiger partial charge on any atom is 0.355 e. The Kier molecular flexibility index (Phi) is 7.78. The number of methoxy groups -OCH3 is 2. The lowest BCUT2D eigenvalue weighted by molar-refractivity contribution is -0.139. The van der Waals surface area contributed by atoms with Crippen molar-refractivity contribution in [1.29, 1.82) is 5.26 Å². The minimum Gasteiger partial charge on any atom is -0.489 e. The Morgan fingerprint density at radius 1 is 0.947 bits per heavy atom. The Hall–Kier alpha value is -5.03. The highest BCUT2D eigenvalue weighted by Gasteiger charge is 2.43. The molecular formula is C30H27N3O5. The molecule has 192 valence electrons. The van der Waals surface area contributed by atoms with E-state index in [-0.39, 0.29) is 22.7 Å². The molecule has 8 heteroatoms. The van der Waals surface area contributed by atoms with Gasteiger partial charge in [0.1, 0.15) is 23.9 Å². The fourth-order valence-corrected chi connectivity index (χ4v) is 4.45. The summed E-state index contributed by atoms with van der Waals surface area (Å²) in [6.07, 6.45) is 0. The van der Waals surface area contributed by atoms with Crippen molar-refractivity contribution in [3.8, 4) is 11.8 Å². The predicted octanol–water partition coefficient (Wildman–Crippen LogP) is 4.47. The van der Waals surface area contributed by atoms with Gasteiger partial charge in [-0.1, -0.05) is 60.7 Å². The van der Waals surface area contributed by atoms with Crippen molar-refractivity contribution in [3.05, 3.63) is 118 Å². The number of anilines is 1. The van der Waals surface area contributed by atoms with Gasteiger partial charge in [0.15, 0.2) is 0 Å². The zero-order chi connectivity index (χ0) is 27.2. The number of hydrogen-bond acceptors (Lipinski definition) is 8. The smallest absolute Gasteiger partial charge is 0.355 e. The molecule has 1 aliphatic heterocycles. The Labute approximate surface area is 221 Å². The average Bonchev–Trinajstić information content (AvgIpc) is 2.96. The first-order valence-electron chi connectivity index (χ1n) is 11.8. The third kappa shape index (κ3) is 4.95. The summed E-state index contributed by atoms with van der Waals surface area (Å²) in [5.74, 6) is -1.85. The molecule has 0 radical (unpaired) electrons. The summed E-state index contributed by atoms with van der Waals surface area (Å²) in [7, 11) is 2.43. The third-order valence-corrected chi connectivity index (χ3v) is 6.26. The molecule has 0 spiro atoms. The topological polar surface area (TPSA) is 115 Å². The molecule has 1 atom stereocenters. The highest BCUT2D eigenvalue weighted by atomic mass is 16.5. The van der Waals surface area contributed by atoms with E-state index in [9.17, 15) is 14.9 Å². The Balaban J connectivity index is 1.85. The van der Waals surface area contributed by atoms with Gasteiger partial charge in [0, 0.05) is 5.69 Å². The molecule has 0 aliphatic carbocycles.